The molecule has 0 bridgehead atoms. The van der Waals surface area contributed by atoms with Gasteiger partial charge in [-0.25, -0.2) is 9.59 Å². The van der Waals surface area contributed by atoms with Crippen LogP contribution in [0.3, 0.4) is 0 Å². The number of aliphatic hydroxyl groups excluding tert-OH is 1. The third-order valence-corrected chi connectivity index (χ3v) is 7.28. The number of halogens is 1. The highest BCUT2D eigenvalue weighted by atomic mass is 35.5. The van der Waals surface area contributed by atoms with Crippen LogP contribution in [-0.2, 0) is 19.1 Å². The molecule has 1 aromatic rings. The van der Waals surface area contributed by atoms with E-state index in [1.807, 2.05) is 25.1 Å². The van der Waals surface area contributed by atoms with Gasteiger partial charge in [0, 0.05) is 49.5 Å². The Kier molecular flexibility index (Phi) is 10.6. The zero-order valence-corrected chi connectivity index (χ0v) is 26.3. The molecule has 3 rings (SSSR count). The summed E-state index contributed by atoms with van der Waals surface area (Å²) in [5.74, 6) is -0.967. The summed E-state index contributed by atoms with van der Waals surface area (Å²) >= 11 is 6.30. The van der Waals surface area contributed by atoms with E-state index in [9.17, 15) is 24.3 Å². The summed E-state index contributed by atoms with van der Waals surface area (Å²) in [6, 6.07) is 4.30. The van der Waals surface area contributed by atoms with Gasteiger partial charge in [-0.2, -0.15) is 0 Å². The van der Waals surface area contributed by atoms with Crippen molar-refractivity contribution in [2.45, 2.75) is 84.3 Å². The number of aliphatic hydroxyl groups is 1. The first-order valence-corrected chi connectivity index (χ1v) is 14.6. The molecule has 2 heterocycles. The Morgan fingerprint density at radius 1 is 1.02 bits per heavy atom. The summed E-state index contributed by atoms with van der Waals surface area (Å²) in [5.41, 5.74) is 0.492. The Hall–Kier alpha value is -3.25. The molecular weight excluding hydrogens is 566 g/mol. The molecule has 0 spiro atoms. The lowest BCUT2D eigenvalue weighted by atomic mass is 10.1. The van der Waals surface area contributed by atoms with E-state index < -0.39 is 47.5 Å². The predicted octanol–water partition coefficient (Wildman–Crippen LogP) is 2.68. The highest BCUT2D eigenvalue weighted by Gasteiger charge is 2.44. The third-order valence-electron chi connectivity index (χ3n) is 6.87. The number of nitrogens with one attached hydrogen (secondary N) is 2. The Balaban J connectivity index is 1.64. The lowest BCUT2D eigenvalue weighted by molar-refractivity contribution is -0.136. The fourth-order valence-corrected chi connectivity index (χ4v) is 5.07. The number of carbonyl (C=O) groups is 4. The Morgan fingerprint density at radius 2 is 1.64 bits per heavy atom. The number of hydrogen-bond donors (Lipinski definition) is 3. The molecule has 0 unspecified atom stereocenters. The van der Waals surface area contributed by atoms with Crippen LogP contribution in [0.2, 0.25) is 5.02 Å². The number of piperazine rings is 1. The number of amides is 4. The van der Waals surface area contributed by atoms with Crippen molar-refractivity contribution in [3.8, 4) is 0 Å². The molecule has 0 radical (unpaired) electrons. The Labute approximate surface area is 252 Å². The van der Waals surface area contributed by atoms with E-state index >= 15 is 0 Å². The van der Waals surface area contributed by atoms with E-state index in [4.69, 9.17) is 21.1 Å². The maximum absolute atomic E-state index is 13.7. The van der Waals surface area contributed by atoms with Crippen LogP contribution in [0.1, 0.15) is 53.5 Å². The van der Waals surface area contributed by atoms with Crippen LogP contribution in [0.4, 0.5) is 15.3 Å². The minimum atomic E-state index is -1.55. The molecule has 2 fully saturated rings. The zero-order chi connectivity index (χ0) is 31.4. The second-order valence-corrected chi connectivity index (χ2v) is 13.1. The Bertz CT molecular complexity index is 1160. The van der Waals surface area contributed by atoms with Crippen molar-refractivity contribution >= 4 is 41.3 Å². The maximum atomic E-state index is 13.7. The average Bonchev–Trinajstić information content (AvgIpc) is 3.30. The minimum absolute atomic E-state index is 0.0327. The van der Waals surface area contributed by atoms with E-state index in [1.54, 1.807) is 46.4 Å². The molecule has 1 aromatic carbocycles. The smallest absolute Gasteiger partial charge is 0.411 e. The third kappa shape index (κ3) is 9.12. The summed E-state index contributed by atoms with van der Waals surface area (Å²) in [4.78, 5) is 56.7. The second kappa shape index (κ2) is 13.4. The van der Waals surface area contributed by atoms with Crippen molar-refractivity contribution < 1.29 is 33.8 Å². The van der Waals surface area contributed by atoms with Gasteiger partial charge in [0.1, 0.15) is 23.3 Å². The fourth-order valence-electron chi connectivity index (χ4n) is 4.90. The summed E-state index contributed by atoms with van der Waals surface area (Å²) in [6.07, 6.45) is -2.81. The average molecular weight is 610 g/mol. The molecular formula is C29H44ClN5O7. The number of hydrogen-bond acceptors (Lipinski definition) is 8. The number of likely N-dealkylation sites (tertiary alicyclic amines) is 1. The lowest BCUT2D eigenvalue weighted by Crippen LogP contribution is -2.55. The minimum Gasteiger partial charge on any atom is -0.444 e. The molecule has 234 valence electrons. The van der Waals surface area contributed by atoms with Crippen molar-refractivity contribution in [1.82, 2.24) is 20.4 Å². The van der Waals surface area contributed by atoms with Crippen LogP contribution < -0.4 is 15.5 Å². The van der Waals surface area contributed by atoms with Gasteiger partial charge < -0.3 is 35.0 Å². The molecule has 13 heteroatoms. The van der Waals surface area contributed by atoms with Crippen LogP contribution in [0.5, 0.6) is 0 Å². The number of ether oxygens (including phenoxy) is 2. The molecule has 42 heavy (non-hydrogen) atoms. The van der Waals surface area contributed by atoms with E-state index in [0.29, 0.717) is 31.2 Å². The second-order valence-electron chi connectivity index (χ2n) is 12.7. The molecule has 2 saturated heterocycles. The first-order valence-electron chi connectivity index (χ1n) is 14.2. The number of nitrogens with zero attached hydrogens (tertiary/aromatic N) is 3. The number of anilines is 1. The van der Waals surface area contributed by atoms with Crippen LogP contribution >= 0.6 is 11.6 Å². The highest BCUT2D eigenvalue weighted by molar-refractivity contribution is 6.31. The van der Waals surface area contributed by atoms with Gasteiger partial charge >= 0.3 is 12.2 Å². The van der Waals surface area contributed by atoms with Gasteiger partial charge in [0.15, 0.2) is 0 Å². The van der Waals surface area contributed by atoms with Crippen molar-refractivity contribution in [1.29, 1.82) is 0 Å². The van der Waals surface area contributed by atoms with Crippen molar-refractivity contribution in [2.75, 3.05) is 44.2 Å². The molecule has 3 N–H and O–H groups in total. The quantitative estimate of drug-likeness (QED) is 0.447. The van der Waals surface area contributed by atoms with Crippen LogP contribution in [-0.4, -0.2) is 108 Å². The molecule has 0 aromatic heterocycles. The van der Waals surface area contributed by atoms with Gasteiger partial charge in [0.25, 0.3) is 5.91 Å². The van der Waals surface area contributed by atoms with Crippen LogP contribution in [0.25, 0.3) is 0 Å². The van der Waals surface area contributed by atoms with E-state index in [-0.39, 0.29) is 25.4 Å². The summed E-state index contributed by atoms with van der Waals surface area (Å²) in [6.45, 7) is 14.1. The molecule has 2 aliphatic rings. The first kappa shape index (κ1) is 33.3. The van der Waals surface area contributed by atoms with Crippen molar-refractivity contribution in [3.05, 3.63) is 28.8 Å². The summed E-state index contributed by atoms with van der Waals surface area (Å²) in [7, 11) is 0. The molecule has 3 atom stereocenters. The fraction of sp³-hybridized carbons (Fsp3) is 0.655. The van der Waals surface area contributed by atoms with Gasteiger partial charge in [0.05, 0.1) is 6.54 Å². The largest absolute Gasteiger partial charge is 0.444 e. The van der Waals surface area contributed by atoms with E-state index in [1.165, 1.54) is 4.90 Å². The van der Waals surface area contributed by atoms with Gasteiger partial charge in [0.2, 0.25) is 5.91 Å². The first-order chi connectivity index (χ1) is 19.4. The van der Waals surface area contributed by atoms with Crippen LogP contribution in [0, 0.1) is 6.92 Å². The number of alkyl carbamates (subject to hydrolysis) is 1. The SMILES string of the molecule is Cc1c(Cl)cccc1N1CCN(C(=O)[C@H]2C[C@H](NC(=O)[C@@H](O)CNC(=O)OC(C)(C)C)CN2C(=O)OC(C)(C)C)CC1. The normalized spacial score (nSPS) is 20.2. The number of carbonyl (C=O) groups excluding carboxylic acids is 4. The van der Waals surface area contributed by atoms with Gasteiger partial charge in [-0.1, -0.05) is 17.7 Å². The lowest BCUT2D eigenvalue weighted by Gasteiger charge is -2.39. The monoisotopic (exact) mass is 609 g/mol. The molecule has 4 amide bonds. The standard InChI is InChI=1S/C29H44ClN5O7/c1-18-20(30)9-8-10-21(18)33-11-13-34(14-12-33)25(38)22-15-19(17-35(22)27(40)42-29(5,6)7)32-24(37)23(36)16-31-26(39)41-28(2,3)4/h8-10,19,22-23,36H,11-17H2,1-7H3,(H,31,39)(H,32,37)/t19-,22+,23-/m0/s1. The molecule has 0 aliphatic carbocycles. The summed E-state index contributed by atoms with van der Waals surface area (Å²) in [5, 5.41) is 16.1. The van der Waals surface area contributed by atoms with E-state index in [2.05, 4.69) is 15.5 Å². The van der Waals surface area contributed by atoms with Crippen molar-refractivity contribution in [2.24, 2.45) is 0 Å². The highest BCUT2D eigenvalue weighted by Crippen LogP contribution is 2.28. The number of rotatable bonds is 6. The van der Waals surface area contributed by atoms with Crippen molar-refractivity contribution in [3.63, 3.8) is 0 Å². The zero-order valence-electron chi connectivity index (χ0n) is 25.5. The molecule has 2 aliphatic heterocycles. The Morgan fingerprint density at radius 3 is 2.24 bits per heavy atom. The van der Waals surface area contributed by atoms with Gasteiger partial charge in [-0.15, -0.1) is 0 Å². The predicted molar refractivity (Wildman–Crippen MR) is 159 cm³/mol. The van der Waals surface area contributed by atoms with Crippen LogP contribution in [0.15, 0.2) is 18.2 Å². The van der Waals surface area contributed by atoms with Gasteiger partial charge in [-0.05, 0) is 72.6 Å². The maximum Gasteiger partial charge on any atom is 0.411 e. The number of benzene rings is 1. The van der Waals surface area contributed by atoms with Gasteiger partial charge in [-0.3, -0.25) is 14.5 Å². The van der Waals surface area contributed by atoms with E-state index in [0.717, 1.165) is 11.3 Å². The summed E-state index contributed by atoms with van der Waals surface area (Å²) < 4.78 is 10.7. The molecule has 0 saturated carbocycles. The molecule has 12 nitrogen and oxygen atoms in total. The topological polar surface area (TPSA) is 141 Å².